The van der Waals surface area contributed by atoms with E-state index in [9.17, 15) is 9.59 Å². The van der Waals surface area contributed by atoms with E-state index in [1.54, 1.807) is 42.5 Å². The highest BCUT2D eigenvalue weighted by molar-refractivity contribution is 5.96. The number of methoxy groups -OCH3 is 1. The third-order valence-electron chi connectivity index (χ3n) is 4.67. The smallest absolute Gasteiger partial charge is 0.232 e. The van der Waals surface area contributed by atoms with Gasteiger partial charge in [-0.2, -0.15) is 0 Å². The van der Waals surface area contributed by atoms with Crippen LogP contribution in [0.5, 0.6) is 11.5 Å². The van der Waals surface area contributed by atoms with Crippen molar-refractivity contribution < 1.29 is 19.1 Å². The van der Waals surface area contributed by atoms with Crippen LogP contribution in [-0.2, 0) is 9.59 Å². The van der Waals surface area contributed by atoms with Crippen molar-refractivity contribution in [3.05, 3.63) is 48.7 Å². The Hall–Kier alpha value is -3.29. The molecule has 1 N–H and O–H groups in total. The number of benzene rings is 1. The number of hydrogen-bond acceptors (Lipinski definition) is 6. The molecule has 1 aliphatic rings. The second kappa shape index (κ2) is 10.3. The molecule has 2 amide bonds. The van der Waals surface area contributed by atoms with E-state index in [0.717, 1.165) is 11.6 Å². The molecule has 2 aromatic rings. The summed E-state index contributed by atoms with van der Waals surface area (Å²) in [5.74, 6) is 1.92. The molecule has 8 heteroatoms. The third kappa shape index (κ3) is 6.10. The summed E-state index contributed by atoms with van der Waals surface area (Å²) < 4.78 is 10.6. The molecule has 0 unspecified atom stereocenters. The molecule has 0 aliphatic carbocycles. The maximum absolute atomic E-state index is 12.4. The van der Waals surface area contributed by atoms with Crippen LogP contribution in [0, 0.1) is 0 Å². The number of nitrogens with one attached hydrogen (secondary N) is 1. The zero-order chi connectivity index (χ0) is 20.5. The van der Waals surface area contributed by atoms with Gasteiger partial charge in [-0.15, -0.1) is 0 Å². The van der Waals surface area contributed by atoms with Gasteiger partial charge in [0.2, 0.25) is 11.8 Å². The molecule has 0 bridgehead atoms. The Bertz CT molecular complexity index is 790. The topological polar surface area (TPSA) is 84.0 Å². The van der Waals surface area contributed by atoms with Crippen LogP contribution in [0.2, 0.25) is 0 Å². The van der Waals surface area contributed by atoms with Crippen molar-refractivity contribution in [2.45, 2.75) is 6.42 Å². The van der Waals surface area contributed by atoms with Crippen LogP contribution in [0.1, 0.15) is 6.42 Å². The van der Waals surface area contributed by atoms with E-state index in [4.69, 9.17) is 9.47 Å². The minimum Gasteiger partial charge on any atom is -0.497 e. The van der Waals surface area contributed by atoms with Gasteiger partial charge in [-0.25, -0.2) is 4.98 Å². The Balaban J connectivity index is 1.32. The lowest BCUT2D eigenvalue weighted by atomic mass is 10.2. The summed E-state index contributed by atoms with van der Waals surface area (Å²) in [6, 6.07) is 13.0. The van der Waals surface area contributed by atoms with Crippen LogP contribution in [0.4, 0.5) is 5.82 Å². The number of nitrogens with zero attached hydrogens (tertiary/aromatic N) is 3. The molecule has 0 saturated carbocycles. The molecule has 1 fully saturated rings. The molecule has 154 valence electrons. The first kappa shape index (κ1) is 20.4. The number of rotatable bonds is 8. The molecule has 1 aliphatic heterocycles. The van der Waals surface area contributed by atoms with Gasteiger partial charge in [0.05, 0.1) is 13.7 Å². The monoisotopic (exact) mass is 398 g/mol. The fraction of sp³-hybridized carbons (Fsp3) is 0.381. The fourth-order valence-corrected chi connectivity index (χ4v) is 3.07. The van der Waals surface area contributed by atoms with Crippen molar-refractivity contribution in [2.24, 2.45) is 0 Å². The number of carbonyl (C=O) groups is 2. The zero-order valence-corrected chi connectivity index (χ0v) is 16.5. The van der Waals surface area contributed by atoms with Crippen LogP contribution < -0.4 is 19.7 Å². The van der Waals surface area contributed by atoms with Crippen LogP contribution in [-0.4, -0.2) is 68.1 Å². The van der Waals surface area contributed by atoms with Crippen molar-refractivity contribution in [3.8, 4) is 11.5 Å². The lowest BCUT2D eigenvalue weighted by Gasteiger charge is -2.35. The molecule has 3 rings (SSSR count). The fourth-order valence-electron chi connectivity index (χ4n) is 3.07. The molecule has 0 atom stereocenters. The molecule has 1 saturated heterocycles. The lowest BCUT2D eigenvalue weighted by molar-refractivity contribution is -0.136. The SMILES string of the molecule is COc1ccc(OCCNC(=O)CC(=O)N2CCN(c3ccccn3)CC2)cc1. The summed E-state index contributed by atoms with van der Waals surface area (Å²) >= 11 is 0. The first-order chi connectivity index (χ1) is 14.2. The zero-order valence-electron chi connectivity index (χ0n) is 16.5. The minimum absolute atomic E-state index is 0.147. The Morgan fingerprint density at radius 2 is 1.76 bits per heavy atom. The standard InChI is InChI=1S/C21H26N4O4/c1-28-17-5-7-18(8-6-17)29-15-10-23-20(26)16-21(27)25-13-11-24(12-14-25)19-4-2-3-9-22-19/h2-9H,10-16H2,1H3,(H,23,26). The van der Waals surface area contributed by atoms with E-state index >= 15 is 0 Å². The maximum Gasteiger partial charge on any atom is 0.232 e. The summed E-state index contributed by atoms with van der Waals surface area (Å²) in [5, 5.41) is 2.72. The Morgan fingerprint density at radius 1 is 1.03 bits per heavy atom. The number of piperazine rings is 1. The van der Waals surface area contributed by atoms with Crippen LogP contribution in [0.15, 0.2) is 48.7 Å². The van der Waals surface area contributed by atoms with Crippen LogP contribution in [0.25, 0.3) is 0 Å². The summed E-state index contributed by atoms with van der Waals surface area (Å²) in [6.07, 6.45) is 1.61. The highest BCUT2D eigenvalue weighted by atomic mass is 16.5. The van der Waals surface area contributed by atoms with Gasteiger partial charge in [0.25, 0.3) is 0 Å². The van der Waals surface area contributed by atoms with Crippen LogP contribution in [0.3, 0.4) is 0 Å². The lowest BCUT2D eigenvalue weighted by Crippen LogP contribution is -2.49. The van der Waals surface area contributed by atoms with Gasteiger partial charge < -0.3 is 24.6 Å². The van der Waals surface area contributed by atoms with Gasteiger partial charge in [0, 0.05) is 32.4 Å². The number of pyridine rings is 1. The highest BCUT2D eigenvalue weighted by Gasteiger charge is 2.23. The molecule has 1 aromatic heterocycles. The Labute approximate surface area is 170 Å². The second-order valence-electron chi connectivity index (χ2n) is 6.61. The average molecular weight is 398 g/mol. The Kier molecular flexibility index (Phi) is 7.27. The van der Waals surface area contributed by atoms with E-state index < -0.39 is 0 Å². The number of ether oxygens (including phenoxy) is 2. The van der Waals surface area contributed by atoms with Gasteiger partial charge in [0.15, 0.2) is 0 Å². The summed E-state index contributed by atoms with van der Waals surface area (Å²) in [4.78, 5) is 32.6. The molecular weight excluding hydrogens is 372 g/mol. The quantitative estimate of drug-likeness (QED) is 0.533. The largest absolute Gasteiger partial charge is 0.497 e. The molecule has 29 heavy (non-hydrogen) atoms. The second-order valence-corrected chi connectivity index (χ2v) is 6.61. The molecule has 0 radical (unpaired) electrons. The third-order valence-corrected chi connectivity index (χ3v) is 4.67. The summed E-state index contributed by atoms with van der Waals surface area (Å²) in [6.45, 7) is 3.26. The summed E-state index contributed by atoms with van der Waals surface area (Å²) in [5.41, 5.74) is 0. The van der Waals surface area contributed by atoms with Crippen molar-refractivity contribution in [1.29, 1.82) is 0 Å². The number of aromatic nitrogens is 1. The number of hydrogen-bond donors (Lipinski definition) is 1. The highest BCUT2D eigenvalue weighted by Crippen LogP contribution is 2.16. The van der Waals surface area contributed by atoms with E-state index in [2.05, 4.69) is 15.2 Å². The van der Waals surface area contributed by atoms with Gasteiger partial charge in [-0.1, -0.05) is 6.07 Å². The van der Waals surface area contributed by atoms with E-state index in [-0.39, 0.29) is 18.2 Å². The Morgan fingerprint density at radius 3 is 2.41 bits per heavy atom. The van der Waals surface area contributed by atoms with Crippen molar-refractivity contribution in [3.63, 3.8) is 0 Å². The van der Waals surface area contributed by atoms with E-state index in [1.807, 2.05) is 18.2 Å². The number of amides is 2. The van der Waals surface area contributed by atoms with E-state index in [0.29, 0.717) is 45.1 Å². The normalized spacial score (nSPS) is 13.7. The maximum atomic E-state index is 12.4. The summed E-state index contributed by atoms with van der Waals surface area (Å²) in [7, 11) is 1.60. The van der Waals surface area contributed by atoms with Gasteiger partial charge in [-0.3, -0.25) is 9.59 Å². The molecule has 0 spiro atoms. The van der Waals surface area contributed by atoms with Crippen LogP contribution >= 0.6 is 0 Å². The minimum atomic E-state index is -0.291. The van der Waals surface area contributed by atoms with Crippen molar-refractivity contribution >= 4 is 17.6 Å². The molecule has 8 nitrogen and oxygen atoms in total. The van der Waals surface area contributed by atoms with Crippen molar-refractivity contribution in [1.82, 2.24) is 15.2 Å². The number of carbonyl (C=O) groups excluding carboxylic acids is 2. The van der Waals surface area contributed by atoms with Gasteiger partial charge in [-0.05, 0) is 36.4 Å². The number of anilines is 1. The van der Waals surface area contributed by atoms with Gasteiger partial charge in [0.1, 0.15) is 30.3 Å². The first-order valence-corrected chi connectivity index (χ1v) is 9.63. The average Bonchev–Trinajstić information content (AvgIpc) is 2.78. The van der Waals surface area contributed by atoms with Crippen molar-refractivity contribution in [2.75, 3.05) is 51.3 Å². The molecular formula is C21H26N4O4. The van der Waals surface area contributed by atoms with Gasteiger partial charge >= 0.3 is 0 Å². The molecule has 1 aromatic carbocycles. The predicted molar refractivity (Wildman–Crippen MR) is 109 cm³/mol. The molecule has 2 heterocycles. The van der Waals surface area contributed by atoms with E-state index in [1.165, 1.54) is 0 Å². The first-order valence-electron chi connectivity index (χ1n) is 9.63. The predicted octanol–water partition coefficient (Wildman–Crippen LogP) is 1.32.